The maximum absolute atomic E-state index is 13.0. The number of aryl methyl sites for hydroxylation is 1. The molecule has 148 valence electrons. The number of rotatable bonds is 8. The summed E-state index contributed by atoms with van der Waals surface area (Å²) >= 11 is 0. The molecule has 0 bridgehead atoms. The molecule has 1 aromatic heterocycles. The molecule has 2 aromatic rings. The van der Waals surface area contributed by atoms with Crippen LogP contribution in [0, 0.1) is 0 Å². The molecule has 1 atom stereocenters. The van der Waals surface area contributed by atoms with E-state index in [1.54, 1.807) is 17.0 Å². The summed E-state index contributed by atoms with van der Waals surface area (Å²) in [5.41, 5.74) is 2.04. The van der Waals surface area contributed by atoms with Crippen LogP contribution in [0.25, 0.3) is 0 Å². The molecule has 6 heteroatoms. The van der Waals surface area contributed by atoms with Crippen molar-refractivity contribution in [3.8, 4) is 0 Å². The monoisotopic (exact) mass is 382 g/mol. The van der Waals surface area contributed by atoms with Gasteiger partial charge in [-0.25, -0.2) is 0 Å². The highest BCUT2D eigenvalue weighted by atomic mass is 16.3. The normalized spacial score (nSPS) is 17.1. The molecule has 2 heterocycles. The highest BCUT2D eigenvalue weighted by molar-refractivity contribution is 6.15. The second kappa shape index (κ2) is 8.44. The summed E-state index contributed by atoms with van der Waals surface area (Å²) in [7, 11) is 3.93. The van der Waals surface area contributed by atoms with E-state index in [4.69, 9.17) is 4.42 Å². The summed E-state index contributed by atoms with van der Waals surface area (Å²) in [6.07, 6.45) is 3.04. The maximum atomic E-state index is 13.0. The molecule has 0 radical (unpaired) electrons. The summed E-state index contributed by atoms with van der Waals surface area (Å²) in [5.74, 6) is -1.36. The summed E-state index contributed by atoms with van der Waals surface area (Å²) in [6.45, 7) is 3.31. The predicted molar refractivity (Wildman–Crippen MR) is 106 cm³/mol. The van der Waals surface area contributed by atoms with Gasteiger partial charge in [-0.15, -0.1) is 0 Å². The van der Waals surface area contributed by atoms with Crippen LogP contribution in [0.2, 0.25) is 0 Å². The molecule has 1 aromatic carbocycles. The van der Waals surface area contributed by atoms with Gasteiger partial charge in [0.1, 0.15) is 0 Å². The lowest BCUT2D eigenvalue weighted by molar-refractivity contribution is -0.129. The molecule has 1 unspecified atom stereocenters. The lowest BCUT2D eigenvalue weighted by atomic mass is 9.94. The number of hydrogen-bond donors (Lipinski definition) is 1. The van der Waals surface area contributed by atoms with Gasteiger partial charge in [-0.3, -0.25) is 9.59 Å². The number of hydrogen-bond acceptors (Lipinski definition) is 5. The molecule has 1 N–H and O–H groups in total. The fourth-order valence-corrected chi connectivity index (χ4v) is 3.50. The van der Waals surface area contributed by atoms with Crippen LogP contribution in [0.15, 0.2) is 58.4 Å². The lowest BCUT2D eigenvalue weighted by Crippen LogP contribution is -2.33. The molecular formula is C22H26N2O4. The third-order valence-corrected chi connectivity index (χ3v) is 5.00. The first-order valence-corrected chi connectivity index (χ1v) is 9.50. The van der Waals surface area contributed by atoms with Crippen molar-refractivity contribution in [2.24, 2.45) is 0 Å². The quantitative estimate of drug-likeness (QED) is 0.709. The molecule has 0 saturated heterocycles. The fourth-order valence-electron chi connectivity index (χ4n) is 3.50. The molecule has 1 aliphatic heterocycles. The Kier molecular flexibility index (Phi) is 5.99. The van der Waals surface area contributed by atoms with Crippen molar-refractivity contribution in [3.63, 3.8) is 0 Å². The van der Waals surface area contributed by atoms with Gasteiger partial charge < -0.3 is 19.3 Å². The molecule has 0 aliphatic carbocycles. The Morgan fingerprint density at radius 1 is 1.21 bits per heavy atom. The van der Waals surface area contributed by atoms with Crippen LogP contribution < -0.4 is 0 Å². The van der Waals surface area contributed by atoms with E-state index >= 15 is 0 Å². The Morgan fingerprint density at radius 3 is 2.50 bits per heavy atom. The Bertz CT molecular complexity index is 866. The van der Waals surface area contributed by atoms with Gasteiger partial charge in [0.25, 0.3) is 5.91 Å². The second-order valence-electron chi connectivity index (χ2n) is 7.22. The molecule has 1 aliphatic rings. The maximum Gasteiger partial charge on any atom is 0.290 e. The van der Waals surface area contributed by atoms with Crippen LogP contribution in [0.3, 0.4) is 0 Å². The van der Waals surface area contributed by atoms with E-state index in [2.05, 4.69) is 6.92 Å². The van der Waals surface area contributed by atoms with Crippen LogP contribution in [-0.2, 0) is 11.2 Å². The van der Waals surface area contributed by atoms with E-state index in [0.29, 0.717) is 6.54 Å². The first-order chi connectivity index (χ1) is 13.4. The highest BCUT2D eigenvalue weighted by Gasteiger charge is 2.44. The van der Waals surface area contributed by atoms with Gasteiger partial charge in [0.15, 0.2) is 11.5 Å². The van der Waals surface area contributed by atoms with Crippen LogP contribution in [0.5, 0.6) is 0 Å². The van der Waals surface area contributed by atoms with Crippen molar-refractivity contribution in [1.29, 1.82) is 0 Å². The molecule has 1 amide bonds. The summed E-state index contributed by atoms with van der Waals surface area (Å²) < 4.78 is 5.23. The number of Topliss-reactive ketones (excluding diaryl/α,β-unsaturated/α-hetero) is 1. The number of nitrogens with zero attached hydrogens (tertiary/aromatic N) is 2. The zero-order chi connectivity index (χ0) is 20.3. The van der Waals surface area contributed by atoms with Gasteiger partial charge in [-0.2, -0.15) is 0 Å². The summed E-state index contributed by atoms with van der Waals surface area (Å²) in [4.78, 5) is 29.4. The average molecular weight is 382 g/mol. The van der Waals surface area contributed by atoms with E-state index in [9.17, 15) is 14.7 Å². The Labute approximate surface area is 165 Å². The average Bonchev–Trinajstić information content (AvgIpc) is 3.30. The van der Waals surface area contributed by atoms with Gasteiger partial charge in [0.2, 0.25) is 5.78 Å². The minimum Gasteiger partial charge on any atom is -0.503 e. The van der Waals surface area contributed by atoms with Gasteiger partial charge in [0, 0.05) is 6.54 Å². The molecule has 28 heavy (non-hydrogen) atoms. The molecule has 6 nitrogen and oxygen atoms in total. The smallest absolute Gasteiger partial charge is 0.290 e. The standard InChI is InChI=1S/C22H26N2O4/c1-4-15-8-10-16(11-9-15)19-18(20(25)17-7-5-14-28-17)21(26)22(27)24(19)13-6-12-23(2)3/h5,7-11,14,19,26H,4,6,12-13H2,1-3H3. The van der Waals surface area contributed by atoms with Gasteiger partial charge in [-0.1, -0.05) is 31.2 Å². The highest BCUT2D eigenvalue weighted by Crippen LogP contribution is 2.39. The Hall–Kier alpha value is -2.86. The number of carbonyl (C=O) groups excluding carboxylic acids is 2. The van der Waals surface area contributed by atoms with Gasteiger partial charge >= 0.3 is 0 Å². The molecule has 0 saturated carbocycles. The molecule has 3 rings (SSSR count). The molecule has 0 fully saturated rings. The first kappa shape index (κ1) is 19.9. The number of benzene rings is 1. The van der Waals surface area contributed by atoms with Crippen LogP contribution in [0.1, 0.15) is 41.1 Å². The second-order valence-corrected chi connectivity index (χ2v) is 7.22. The predicted octanol–water partition coefficient (Wildman–Crippen LogP) is 3.37. The van der Waals surface area contributed by atoms with E-state index in [1.165, 1.54) is 11.8 Å². The Morgan fingerprint density at radius 2 is 1.93 bits per heavy atom. The Balaban J connectivity index is 1.99. The lowest BCUT2D eigenvalue weighted by Gasteiger charge is -2.27. The number of aliphatic hydroxyl groups excluding tert-OH is 1. The minimum absolute atomic E-state index is 0.0778. The van der Waals surface area contributed by atoms with Crippen LogP contribution >= 0.6 is 0 Å². The summed E-state index contributed by atoms with van der Waals surface area (Å²) in [6, 6.07) is 10.3. The van der Waals surface area contributed by atoms with Gasteiger partial charge in [-0.05, 0) is 56.7 Å². The van der Waals surface area contributed by atoms with Crippen molar-refractivity contribution < 1.29 is 19.1 Å². The van der Waals surface area contributed by atoms with E-state index in [0.717, 1.165) is 24.9 Å². The third kappa shape index (κ3) is 3.87. The fraction of sp³-hybridized carbons (Fsp3) is 0.364. The topological polar surface area (TPSA) is 74.0 Å². The van der Waals surface area contributed by atoms with Gasteiger partial charge in [0.05, 0.1) is 17.9 Å². The molecular weight excluding hydrogens is 356 g/mol. The number of furan rings is 1. The number of ketones is 1. The number of amides is 1. The largest absolute Gasteiger partial charge is 0.503 e. The third-order valence-electron chi connectivity index (χ3n) is 5.00. The van der Waals surface area contributed by atoms with Crippen molar-refractivity contribution in [1.82, 2.24) is 9.80 Å². The van der Waals surface area contributed by atoms with Crippen molar-refractivity contribution in [3.05, 3.63) is 70.9 Å². The minimum atomic E-state index is -0.627. The van der Waals surface area contributed by atoms with Crippen LogP contribution in [-0.4, -0.2) is 53.8 Å². The van der Waals surface area contributed by atoms with Crippen molar-refractivity contribution >= 4 is 11.7 Å². The van der Waals surface area contributed by atoms with Crippen molar-refractivity contribution in [2.75, 3.05) is 27.2 Å². The summed E-state index contributed by atoms with van der Waals surface area (Å²) in [5, 5.41) is 10.6. The number of carbonyl (C=O) groups is 2. The SMILES string of the molecule is CCc1ccc(C2C(C(=O)c3ccco3)=C(O)C(=O)N2CCCN(C)C)cc1. The molecule has 0 spiro atoms. The van der Waals surface area contributed by atoms with E-state index < -0.39 is 23.5 Å². The van der Waals surface area contributed by atoms with E-state index in [-0.39, 0.29) is 11.3 Å². The van der Waals surface area contributed by atoms with E-state index in [1.807, 2.05) is 43.3 Å². The zero-order valence-electron chi connectivity index (χ0n) is 16.5. The zero-order valence-corrected chi connectivity index (χ0v) is 16.5. The van der Waals surface area contributed by atoms with Crippen LogP contribution in [0.4, 0.5) is 0 Å². The first-order valence-electron chi connectivity index (χ1n) is 9.50. The number of aliphatic hydroxyl groups is 1. The van der Waals surface area contributed by atoms with Crippen molar-refractivity contribution in [2.45, 2.75) is 25.8 Å².